The molecule has 2 aromatic carbocycles. The number of thiocarbonyl (C=S) groups is 1. The maximum Gasteiger partial charge on any atom is 0.244 e. The zero-order chi connectivity index (χ0) is 14.1. The van der Waals surface area contributed by atoms with E-state index >= 15 is 0 Å². The van der Waals surface area contributed by atoms with Gasteiger partial charge in [-0.2, -0.15) is 0 Å². The van der Waals surface area contributed by atoms with E-state index in [1.807, 2.05) is 53.4 Å². The summed E-state index contributed by atoms with van der Waals surface area (Å²) in [7, 11) is 0. The van der Waals surface area contributed by atoms with Crippen LogP contribution in [0.4, 0.5) is 17.1 Å². The quantitative estimate of drug-likeness (QED) is 0.831. The van der Waals surface area contributed by atoms with Gasteiger partial charge in [-0.15, -0.1) is 0 Å². The van der Waals surface area contributed by atoms with Crippen molar-refractivity contribution < 1.29 is 4.79 Å². The Labute approximate surface area is 122 Å². The molecule has 0 unspecified atom stereocenters. The molecule has 0 spiro atoms. The van der Waals surface area contributed by atoms with Crippen LogP contribution in [0.3, 0.4) is 0 Å². The molecule has 0 saturated heterocycles. The Bertz CT molecular complexity index is 682. The molecule has 0 saturated carbocycles. The molecule has 0 radical (unpaired) electrons. The van der Waals surface area contributed by atoms with E-state index in [1.165, 1.54) is 0 Å². The number of fused-ring (bicyclic) bond motifs is 1. The van der Waals surface area contributed by atoms with Gasteiger partial charge in [0.2, 0.25) is 5.91 Å². The molecular weight excluding hydrogens is 270 g/mol. The zero-order valence-corrected chi connectivity index (χ0v) is 11.5. The third-order valence-corrected chi connectivity index (χ3v) is 3.47. The number of nitrogens with zero attached hydrogens (tertiary/aromatic N) is 1. The smallest absolute Gasteiger partial charge is 0.244 e. The topological polar surface area (TPSA) is 58.4 Å². The summed E-state index contributed by atoms with van der Waals surface area (Å²) in [4.78, 5) is 14.1. The lowest BCUT2D eigenvalue weighted by Crippen LogP contribution is -2.34. The van der Waals surface area contributed by atoms with Crippen LogP contribution >= 0.6 is 12.2 Å². The minimum absolute atomic E-state index is 0.0258. The molecule has 20 heavy (non-hydrogen) atoms. The van der Waals surface area contributed by atoms with Gasteiger partial charge in [0.05, 0.1) is 11.4 Å². The van der Waals surface area contributed by atoms with Crippen LogP contribution in [0.2, 0.25) is 0 Å². The zero-order valence-electron chi connectivity index (χ0n) is 10.7. The van der Waals surface area contributed by atoms with Crippen LogP contribution in [-0.4, -0.2) is 17.4 Å². The number of anilines is 3. The summed E-state index contributed by atoms with van der Waals surface area (Å²) in [5, 5.41) is 2.87. The highest BCUT2D eigenvalue weighted by atomic mass is 32.1. The Kier molecular flexibility index (Phi) is 3.12. The van der Waals surface area contributed by atoms with Crippen molar-refractivity contribution in [2.45, 2.75) is 0 Å². The minimum atomic E-state index is -0.0258. The molecule has 2 aromatic rings. The van der Waals surface area contributed by atoms with Crippen molar-refractivity contribution in [3.8, 4) is 0 Å². The van der Waals surface area contributed by atoms with Crippen LogP contribution < -0.4 is 16.0 Å². The number of amides is 1. The number of benzene rings is 2. The highest BCUT2D eigenvalue weighted by Crippen LogP contribution is 2.34. The Morgan fingerprint density at radius 1 is 1.15 bits per heavy atom. The number of nitrogens with one attached hydrogen (secondary N) is 1. The van der Waals surface area contributed by atoms with Gasteiger partial charge in [-0.3, -0.25) is 4.79 Å². The summed E-state index contributed by atoms with van der Waals surface area (Å²) in [6, 6.07) is 15.3. The van der Waals surface area contributed by atoms with Crippen molar-refractivity contribution in [1.29, 1.82) is 0 Å². The predicted molar refractivity (Wildman–Crippen MR) is 84.4 cm³/mol. The van der Waals surface area contributed by atoms with Gasteiger partial charge < -0.3 is 16.0 Å². The van der Waals surface area contributed by atoms with Gasteiger partial charge in [-0.25, -0.2) is 0 Å². The fourth-order valence-electron chi connectivity index (χ4n) is 2.27. The van der Waals surface area contributed by atoms with Gasteiger partial charge in [0.15, 0.2) is 0 Å². The van der Waals surface area contributed by atoms with E-state index in [4.69, 9.17) is 18.0 Å². The first-order valence-corrected chi connectivity index (χ1v) is 6.62. The second kappa shape index (κ2) is 4.94. The van der Waals surface area contributed by atoms with Gasteiger partial charge in [0.25, 0.3) is 0 Å². The molecule has 1 aliphatic heterocycles. The number of nitrogens with two attached hydrogens (primary N) is 1. The number of para-hydroxylation sites is 2. The van der Waals surface area contributed by atoms with Crippen molar-refractivity contribution in [1.82, 2.24) is 0 Å². The Hall–Kier alpha value is -2.40. The van der Waals surface area contributed by atoms with Crippen LogP contribution in [-0.2, 0) is 4.79 Å². The molecular formula is C15H13N3OS. The molecule has 5 heteroatoms. The van der Waals surface area contributed by atoms with E-state index in [2.05, 4.69) is 5.32 Å². The van der Waals surface area contributed by atoms with Crippen LogP contribution in [0.1, 0.15) is 5.56 Å². The monoisotopic (exact) mass is 283 g/mol. The molecule has 4 nitrogen and oxygen atoms in total. The van der Waals surface area contributed by atoms with Crippen molar-refractivity contribution in [2.24, 2.45) is 5.73 Å². The van der Waals surface area contributed by atoms with Crippen LogP contribution in [0.25, 0.3) is 0 Å². The molecule has 3 N–H and O–H groups in total. The molecule has 1 aliphatic rings. The summed E-state index contributed by atoms with van der Waals surface area (Å²) in [5.41, 5.74) is 9.15. The molecule has 0 bridgehead atoms. The van der Waals surface area contributed by atoms with Crippen LogP contribution in [0, 0.1) is 0 Å². The first kappa shape index (κ1) is 12.6. The molecule has 0 aliphatic carbocycles. The molecule has 0 atom stereocenters. The number of hydrogen-bond acceptors (Lipinski definition) is 3. The third-order valence-electron chi connectivity index (χ3n) is 3.23. The molecule has 0 fully saturated rings. The van der Waals surface area contributed by atoms with Crippen molar-refractivity contribution >= 4 is 40.2 Å². The second-order valence-electron chi connectivity index (χ2n) is 4.56. The lowest BCUT2D eigenvalue weighted by molar-refractivity contribution is -0.115. The lowest BCUT2D eigenvalue weighted by atomic mass is 10.1. The predicted octanol–water partition coefficient (Wildman–Crippen LogP) is 2.41. The van der Waals surface area contributed by atoms with Crippen molar-refractivity contribution in [3.63, 3.8) is 0 Å². The highest BCUT2D eigenvalue weighted by molar-refractivity contribution is 7.80. The molecule has 100 valence electrons. The largest absolute Gasteiger partial charge is 0.389 e. The number of rotatable bonds is 2. The summed E-state index contributed by atoms with van der Waals surface area (Å²) in [6.45, 7) is 0.295. The van der Waals surface area contributed by atoms with E-state index in [0.717, 1.165) is 22.6 Å². The van der Waals surface area contributed by atoms with E-state index in [9.17, 15) is 4.79 Å². The fraction of sp³-hybridized carbons (Fsp3) is 0.0667. The molecule has 1 amide bonds. The van der Waals surface area contributed by atoms with Gasteiger partial charge in [0.1, 0.15) is 11.5 Å². The van der Waals surface area contributed by atoms with Gasteiger partial charge >= 0.3 is 0 Å². The van der Waals surface area contributed by atoms with E-state index < -0.39 is 0 Å². The molecule has 1 heterocycles. The van der Waals surface area contributed by atoms with E-state index in [1.54, 1.807) is 0 Å². The molecule has 3 rings (SSSR count). The van der Waals surface area contributed by atoms with Crippen LogP contribution in [0.5, 0.6) is 0 Å². The SMILES string of the molecule is NC(=S)c1ccc(N2CC(=O)Nc3ccccc32)cc1. The summed E-state index contributed by atoms with van der Waals surface area (Å²) in [6.07, 6.45) is 0. The fourth-order valence-corrected chi connectivity index (χ4v) is 2.41. The van der Waals surface area contributed by atoms with Gasteiger partial charge in [-0.1, -0.05) is 24.4 Å². The number of hydrogen-bond donors (Lipinski definition) is 2. The Morgan fingerprint density at radius 3 is 2.55 bits per heavy atom. The number of carbonyl (C=O) groups excluding carboxylic acids is 1. The van der Waals surface area contributed by atoms with Crippen LogP contribution in [0.15, 0.2) is 48.5 Å². The van der Waals surface area contributed by atoms with Gasteiger partial charge in [-0.05, 0) is 36.4 Å². The second-order valence-corrected chi connectivity index (χ2v) is 5.00. The van der Waals surface area contributed by atoms with E-state index in [0.29, 0.717) is 11.5 Å². The number of carbonyl (C=O) groups is 1. The van der Waals surface area contributed by atoms with E-state index in [-0.39, 0.29) is 5.91 Å². The average Bonchev–Trinajstić information content (AvgIpc) is 2.46. The average molecular weight is 283 g/mol. The summed E-state index contributed by atoms with van der Waals surface area (Å²) < 4.78 is 0. The first-order valence-electron chi connectivity index (χ1n) is 6.21. The van der Waals surface area contributed by atoms with Gasteiger partial charge in [0, 0.05) is 11.3 Å². The maximum absolute atomic E-state index is 11.8. The lowest BCUT2D eigenvalue weighted by Gasteiger charge is -2.30. The first-order chi connectivity index (χ1) is 9.65. The van der Waals surface area contributed by atoms with Crippen molar-refractivity contribution in [2.75, 3.05) is 16.8 Å². The minimum Gasteiger partial charge on any atom is -0.389 e. The summed E-state index contributed by atoms with van der Waals surface area (Å²) in [5.74, 6) is -0.0258. The third kappa shape index (κ3) is 2.23. The Morgan fingerprint density at radius 2 is 1.85 bits per heavy atom. The maximum atomic E-state index is 11.8. The Balaban J connectivity index is 2.01. The normalized spacial score (nSPS) is 13.6. The molecule has 0 aromatic heterocycles. The van der Waals surface area contributed by atoms with Crippen molar-refractivity contribution in [3.05, 3.63) is 54.1 Å². The summed E-state index contributed by atoms with van der Waals surface area (Å²) >= 11 is 4.94. The standard InChI is InChI=1S/C15H13N3OS/c16-15(20)10-5-7-11(8-6-10)18-9-14(19)17-12-3-1-2-4-13(12)18/h1-8H,9H2,(H2,16,20)(H,17,19). The highest BCUT2D eigenvalue weighted by Gasteiger charge is 2.22.